The summed E-state index contributed by atoms with van der Waals surface area (Å²) in [7, 11) is 1.72. The molecule has 0 saturated heterocycles. The zero-order valence-corrected chi connectivity index (χ0v) is 14.0. The van der Waals surface area contributed by atoms with Crippen LogP contribution < -0.4 is 10.1 Å². The van der Waals surface area contributed by atoms with Crippen LogP contribution in [0.4, 0.5) is 0 Å². The number of hydrogen-bond donors (Lipinski definition) is 1. The Morgan fingerprint density at radius 1 is 1.43 bits per heavy atom. The largest absolute Gasteiger partial charge is 0.496 e. The Balaban J connectivity index is 2.19. The highest BCUT2D eigenvalue weighted by atomic mass is 32.1. The first kappa shape index (κ1) is 16.0. The van der Waals surface area contributed by atoms with Gasteiger partial charge in [-0.3, -0.25) is 0 Å². The van der Waals surface area contributed by atoms with E-state index in [9.17, 15) is 0 Å². The molecule has 2 heterocycles. The van der Waals surface area contributed by atoms with Crippen LogP contribution in [-0.2, 0) is 13.0 Å². The fourth-order valence-electron chi connectivity index (χ4n) is 2.36. The molecule has 0 aliphatic carbocycles. The summed E-state index contributed by atoms with van der Waals surface area (Å²) in [5.41, 5.74) is 0. The number of rotatable bonds is 8. The number of hydrogen-bond acceptors (Lipinski definition) is 5. The molecule has 0 spiro atoms. The number of nitrogens with one attached hydrogen (secondary N) is 1. The second kappa shape index (κ2) is 7.56. The van der Waals surface area contributed by atoms with Gasteiger partial charge in [0.2, 0.25) is 0 Å². The number of nitrogens with zero attached hydrogens (tertiary/aromatic N) is 3. The molecule has 2 aromatic rings. The summed E-state index contributed by atoms with van der Waals surface area (Å²) in [6.07, 6.45) is 2.46. The maximum Gasteiger partial charge on any atom is 0.138 e. The molecule has 2 aromatic heterocycles. The molecule has 0 bridgehead atoms. The lowest BCUT2D eigenvalue weighted by atomic mass is 10.1. The second-order valence-corrected chi connectivity index (χ2v) is 6.37. The van der Waals surface area contributed by atoms with E-state index in [4.69, 9.17) is 4.74 Å². The van der Waals surface area contributed by atoms with E-state index in [1.165, 1.54) is 4.88 Å². The molecule has 1 atom stereocenters. The molecule has 6 heteroatoms. The smallest absolute Gasteiger partial charge is 0.138 e. The van der Waals surface area contributed by atoms with Crippen molar-refractivity contribution in [1.82, 2.24) is 20.1 Å². The van der Waals surface area contributed by atoms with E-state index in [0.29, 0.717) is 5.92 Å². The van der Waals surface area contributed by atoms with Crippen LogP contribution in [0.3, 0.4) is 0 Å². The molecule has 0 aromatic carbocycles. The first-order chi connectivity index (χ1) is 10.2. The van der Waals surface area contributed by atoms with Gasteiger partial charge in [0.1, 0.15) is 17.9 Å². The minimum absolute atomic E-state index is 0.208. The van der Waals surface area contributed by atoms with E-state index < -0.39 is 0 Å². The minimum atomic E-state index is 0.208. The summed E-state index contributed by atoms with van der Waals surface area (Å²) in [6, 6.07) is 2.23. The van der Waals surface area contributed by atoms with Crippen molar-refractivity contribution >= 4 is 11.3 Å². The average molecular weight is 308 g/mol. The molecule has 0 fully saturated rings. The highest BCUT2D eigenvalue weighted by molar-refractivity contribution is 7.10. The van der Waals surface area contributed by atoms with E-state index in [1.807, 2.05) is 10.7 Å². The quantitative estimate of drug-likeness (QED) is 0.814. The molecule has 0 aliphatic heterocycles. The standard InChI is InChI=1S/C15H24N4OS/c1-5-16-12(15-13(20-4)6-7-21-15)8-14-17-10-18-19(14)9-11(2)3/h6-7,10-12,16H,5,8-9H2,1-4H3. The van der Waals surface area contributed by atoms with Gasteiger partial charge in [0.05, 0.1) is 18.0 Å². The van der Waals surface area contributed by atoms with Crippen molar-refractivity contribution in [3.63, 3.8) is 0 Å². The van der Waals surface area contributed by atoms with Gasteiger partial charge in [-0.2, -0.15) is 5.10 Å². The van der Waals surface area contributed by atoms with Crippen molar-refractivity contribution < 1.29 is 4.74 Å². The minimum Gasteiger partial charge on any atom is -0.496 e. The molecule has 2 rings (SSSR count). The number of methoxy groups -OCH3 is 1. The molecule has 0 saturated carbocycles. The van der Waals surface area contributed by atoms with Crippen LogP contribution in [0.5, 0.6) is 5.75 Å². The highest BCUT2D eigenvalue weighted by Crippen LogP contribution is 2.32. The first-order valence-corrected chi connectivity index (χ1v) is 8.25. The second-order valence-electron chi connectivity index (χ2n) is 5.42. The maximum absolute atomic E-state index is 5.45. The molecule has 0 aliphatic rings. The van der Waals surface area contributed by atoms with Crippen molar-refractivity contribution in [2.24, 2.45) is 5.92 Å². The number of ether oxygens (including phenoxy) is 1. The Labute approximate surface area is 130 Å². The lowest BCUT2D eigenvalue weighted by Gasteiger charge is -2.18. The molecule has 0 radical (unpaired) electrons. The van der Waals surface area contributed by atoms with Crippen LogP contribution in [0.25, 0.3) is 0 Å². The maximum atomic E-state index is 5.45. The molecule has 1 N–H and O–H groups in total. The van der Waals surface area contributed by atoms with Gasteiger partial charge < -0.3 is 10.1 Å². The van der Waals surface area contributed by atoms with E-state index in [0.717, 1.165) is 31.1 Å². The van der Waals surface area contributed by atoms with Crippen LogP contribution in [0.1, 0.15) is 37.5 Å². The van der Waals surface area contributed by atoms with Crippen molar-refractivity contribution in [2.75, 3.05) is 13.7 Å². The Hall–Kier alpha value is -1.40. The SMILES string of the molecule is CCNC(Cc1ncnn1CC(C)C)c1sccc1OC. The van der Waals surface area contributed by atoms with E-state index in [2.05, 4.69) is 41.6 Å². The van der Waals surface area contributed by atoms with Gasteiger partial charge in [-0.15, -0.1) is 11.3 Å². The van der Waals surface area contributed by atoms with Crippen molar-refractivity contribution in [2.45, 2.75) is 39.8 Å². The number of aromatic nitrogens is 3. The van der Waals surface area contributed by atoms with Crippen molar-refractivity contribution in [3.05, 3.63) is 28.5 Å². The van der Waals surface area contributed by atoms with E-state index >= 15 is 0 Å². The molecule has 21 heavy (non-hydrogen) atoms. The normalized spacial score (nSPS) is 12.8. The van der Waals surface area contributed by atoms with Crippen LogP contribution in [-0.4, -0.2) is 28.4 Å². The van der Waals surface area contributed by atoms with Crippen LogP contribution >= 0.6 is 11.3 Å². The number of thiophene rings is 1. The van der Waals surface area contributed by atoms with Gasteiger partial charge >= 0.3 is 0 Å². The summed E-state index contributed by atoms with van der Waals surface area (Å²) in [4.78, 5) is 5.65. The lowest BCUT2D eigenvalue weighted by molar-refractivity contribution is 0.399. The van der Waals surface area contributed by atoms with Crippen molar-refractivity contribution in [3.8, 4) is 5.75 Å². The molecular weight excluding hydrogens is 284 g/mol. The third-order valence-electron chi connectivity index (χ3n) is 3.26. The monoisotopic (exact) mass is 308 g/mol. The van der Waals surface area contributed by atoms with Gasteiger partial charge in [-0.25, -0.2) is 9.67 Å². The topological polar surface area (TPSA) is 52.0 Å². The predicted molar refractivity (Wildman–Crippen MR) is 85.9 cm³/mol. The third-order valence-corrected chi connectivity index (χ3v) is 4.28. The fourth-order valence-corrected chi connectivity index (χ4v) is 3.30. The predicted octanol–water partition coefficient (Wildman–Crippen LogP) is 2.90. The van der Waals surface area contributed by atoms with Crippen LogP contribution in [0, 0.1) is 5.92 Å². The Morgan fingerprint density at radius 2 is 2.24 bits per heavy atom. The van der Waals surface area contributed by atoms with Crippen molar-refractivity contribution in [1.29, 1.82) is 0 Å². The van der Waals surface area contributed by atoms with Crippen LogP contribution in [0.15, 0.2) is 17.8 Å². The Kier molecular flexibility index (Phi) is 5.76. The molecule has 116 valence electrons. The van der Waals surface area contributed by atoms with Gasteiger partial charge in [0.25, 0.3) is 0 Å². The van der Waals surface area contributed by atoms with Gasteiger partial charge in [-0.1, -0.05) is 20.8 Å². The molecular formula is C15H24N4OS. The first-order valence-electron chi connectivity index (χ1n) is 7.37. The van der Waals surface area contributed by atoms with Gasteiger partial charge in [0, 0.05) is 13.0 Å². The Morgan fingerprint density at radius 3 is 2.90 bits per heavy atom. The summed E-state index contributed by atoms with van der Waals surface area (Å²) in [5, 5.41) is 9.94. The lowest BCUT2D eigenvalue weighted by Crippen LogP contribution is -2.24. The third kappa shape index (κ3) is 4.04. The zero-order chi connectivity index (χ0) is 15.2. The van der Waals surface area contributed by atoms with Gasteiger partial charge in [-0.05, 0) is 23.9 Å². The highest BCUT2D eigenvalue weighted by Gasteiger charge is 2.20. The summed E-state index contributed by atoms with van der Waals surface area (Å²) in [5.74, 6) is 2.52. The summed E-state index contributed by atoms with van der Waals surface area (Å²) < 4.78 is 7.46. The average Bonchev–Trinajstić information content (AvgIpc) is 3.07. The van der Waals surface area contributed by atoms with Gasteiger partial charge in [0.15, 0.2) is 0 Å². The van der Waals surface area contributed by atoms with Crippen LogP contribution in [0.2, 0.25) is 0 Å². The molecule has 0 amide bonds. The Bertz CT molecular complexity index is 549. The zero-order valence-electron chi connectivity index (χ0n) is 13.2. The molecule has 1 unspecified atom stereocenters. The van der Waals surface area contributed by atoms with E-state index in [-0.39, 0.29) is 6.04 Å². The summed E-state index contributed by atoms with van der Waals surface area (Å²) in [6.45, 7) is 8.30. The molecule has 5 nitrogen and oxygen atoms in total. The fraction of sp³-hybridized carbons (Fsp3) is 0.600. The van der Waals surface area contributed by atoms with E-state index in [1.54, 1.807) is 24.8 Å². The number of likely N-dealkylation sites (N-methyl/N-ethyl adjacent to an activating group) is 1. The summed E-state index contributed by atoms with van der Waals surface area (Å²) >= 11 is 1.72.